The Morgan fingerprint density at radius 2 is 0.884 bits per heavy atom. The molecule has 386 valence electrons. The van der Waals surface area contributed by atoms with Gasteiger partial charge in [0.1, 0.15) is 22.4 Å². The second kappa shape index (κ2) is 28.4. The van der Waals surface area contributed by atoms with E-state index in [9.17, 15) is 33.6 Å². The van der Waals surface area contributed by atoms with Crippen molar-refractivity contribution in [1.29, 1.82) is 0 Å². The van der Waals surface area contributed by atoms with Crippen LogP contribution in [-0.4, -0.2) is 127 Å². The molecule has 0 bridgehead atoms. The Balaban J connectivity index is 1.84. The predicted molar refractivity (Wildman–Crippen MR) is 266 cm³/mol. The number of aryl methyl sites for hydroxylation is 1. The number of anilines is 1. The summed E-state index contributed by atoms with van der Waals surface area (Å²) in [6.07, 6.45) is 2.18. The number of alkyl carbamates (subject to hydrolysis) is 2. The molecule has 0 atom stereocenters. The molecule has 0 unspecified atom stereocenters. The quantitative estimate of drug-likeness (QED) is 0.0495. The molecule has 69 heavy (non-hydrogen) atoms. The van der Waals surface area contributed by atoms with Crippen molar-refractivity contribution in [2.45, 2.75) is 157 Å². The SMILES string of the molecule is CC(C)(C)OC(=O)NCCCCN(CCCNC(=O)CCc1cccc(C(=O)Nc2cccc(C(=O)NCCCN(CCCCNC(=O)OC(C)(C)C)C(=O)OC(C)(C)C)c2)c1)C(=O)OC(C)(C)C. The second-order valence-electron chi connectivity index (χ2n) is 20.8. The minimum atomic E-state index is -0.683. The van der Waals surface area contributed by atoms with Crippen LogP contribution in [0, 0.1) is 0 Å². The number of nitrogens with zero attached hydrogens (tertiary/aromatic N) is 2. The molecule has 7 amide bonds. The van der Waals surface area contributed by atoms with Gasteiger partial charge in [-0.25, -0.2) is 19.2 Å². The molecular weight excluding hydrogens is 887 g/mol. The van der Waals surface area contributed by atoms with Crippen molar-refractivity contribution in [1.82, 2.24) is 31.1 Å². The highest BCUT2D eigenvalue weighted by Crippen LogP contribution is 2.16. The lowest BCUT2D eigenvalue weighted by molar-refractivity contribution is -0.121. The lowest BCUT2D eigenvalue weighted by atomic mass is 10.1. The van der Waals surface area contributed by atoms with Crippen molar-refractivity contribution >= 4 is 47.8 Å². The number of benzene rings is 2. The van der Waals surface area contributed by atoms with Crippen molar-refractivity contribution in [2.75, 3.05) is 57.7 Å². The fourth-order valence-corrected chi connectivity index (χ4v) is 6.33. The minimum Gasteiger partial charge on any atom is -0.444 e. The van der Waals surface area contributed by atoms with Crippen LogP contribution in [0.15, 0.2) is 48.5 Å². The number of hydrogen-bond acceptors (Lipinski definition) is 11. The normalized spacial score (nSPS) is 11.7. The van der Waals surface area contributed by atoms with Gasteiger partial charge >= 0.3 is 24.4 Å². The largest absolute Gasteiger partial charge is 0.444 e. The average molecular weight is 968 g/mol. The lowest BCUT2D eigenvalue weighted by Gasteiger charge is -2.27. The zero-order chi connectivity index (χ0) is 51.8. The molecule has 0 aliphatic heterocycles. The minimum absolute atomic E-state index is 0.168. The van der Waals surface area contributed by atoms with Gasteiger partial charge < -0.3 is 55.3 Å². The smallest absolute Gasteiger partial charge is 0.410 e. The number of carbonyl (C=O) groups is 7. The van der Waals surface area contributed by atoms with Crippen molar-refractivity contribution in [3.63, 3.8) is 0 Å². The third-order valence-corrected chi connectivity index (χ3v) is 9.38. The molecule has 18 heteroatoms. The molecule has 2 aromatic carbocycles. The Bertz CT molecular complexity index is 1980. The van der Waals surface area contributed by atoms with Gasteiger partial charge in [-0.05, 0) is 164 Å². The van der Waals surface area contributed by atoms with Gasteiger partial charge in [0.25, 0.3) is 11.8 Å². The number of nitrogens with one attached hydrogen (secondary N) is 5. The summed E-state index contributed by atoms with van der Waals surface area (Å²) < 4.78 is 21.7. The van der Waals surface area contributed by atoms with E-state index < -0.39 is 46.8 Å². The molecule has 0 heterocycles. The first-order chi connectivity index (χ1) is 32.1. The molecule has 0 aliphatic carbocycles. The Kier molecular flexibility index (Phi) is 24.3. The molecule has 2 aromatic rings. The molecule has 2 rings (SSSR count). The van der Waals surface area contributed by atoms with Crippen LogP contribution < -0.4 is 26.6 Å². The van der Waals surface area contributed by atoms with E-state index in [1.165, 1.54) is 0 Å². The van der Waals surface area contributed by atoms with E-state index in [-0.39, 0.29) is 30.7 Å². The fraction of sp³-hybridized carbons (Fsp3) is 0.627. The van der Waals surface area contributed by atoms with E-state index in [0.29, 0.717) is 108 Å². The summed E-state index contributed by atoms with van der Waals surface area (Å²) in [6.45, 7) is 24.5. The lowest BCUT2D eigenvalue weighted by Crippen LogP contribution is -2.39. The predicted octanol–water partition coefficient (Wildman–Crippen LogP) is 8.58. The summed E-state index contributed by atoms with van der Waals surface area (Å²) >= 11 is 0. The zero-order valence-corrected chi connectivity index (χ0v) is 43.3. The van der Waals surface area contributed by atoms with Gasteiger partial charge in [0.15, 0.2) is 0 Å². The van der Waals surface area contributed by atoms with E-state index >= 15 is 0 Å². The van der Waals surface area contributed by atoms with E-state index in [0.717, 1.165) is 5.56 Å². The van der Waals surface area contributed by atoms with E-state index in [1.54, 1.807) is 135 Å². The average Bonchev–Trinajstić information content (AvgIpc) is 3.21. The first-order valence-electron chi connectivity index (χ1n) is 24.0. The van der Waals surface area contributed by atoms with Gasteiger partial charge in [-0.1, -0.05) is 18.2 Å². The molecular formula is C51H81N7O11. The number of amides is 7. The molecule has 0 radical (unpaired) electrons. The maximum atomic E-state index is 13.3. The van der Waals surface area contributed by atoms with Crippen LogP contribution in [0.1, 0.15) is 154 Å². The van der Waals surface area contributed by atoms with Gasteiger partial charge in [-0.3, -0.25) is 14.4 Å². The van der Waals surface area contributed by atoms with Crippen LogP contribution in [0.3, 0.4) is 0 Å². The maximum Gasteiger partial charge on any atom is 0.410 e. The van der Waals surface area contributed by atoms with Gasteiger partial charge in [0.2, 0.25) is 5.91 Å². The van der Waals surface area contributed by atoms with Crippen molar-refractivity contribution in [2.24, 2.45) is 0 Å². The summed E-state index contributed by atoms with van der Waals surface area (Å²) in [6, 6.07) is 13.6. The zero-order valence-electron chi connectivity index (χ0n) is 43.3. The Morgan fingerprint density at radius 1 is 0.464 bits per heavy atom. The Morgan fingerprint density at radius 3 is 1.36 bits per heavy atom. The van der Waals surface area contributed by atoms with E-state index in [1.807, 2.05) is 6.07 Å². The van der Waals surface area contributed by atoms with Crippen molar-refractivity contribution in [3.05, 3.63) is 65.2 Å². The summed E-state index contributed by atoms with van der Waals surface area (Å²) in [4.78, 5) is 92.2. The molecule has 0 fully saturated rings. The third kappa shape index (κ3) is 28.1. The fourth-order valence-electron chi connectivity index (χ4n) is 6.33. The monoisotopic (exact) mass is 968 g/mol. The summed E-state index contributed by atoms with van der Waals surface area (Å²) in [7, 11) is 0. The van der Waals surface area contributed by atoms with Crippen LogP contribution in [0.2, 0.25) is 0 Å². The molecule has 5 N–H and O–H groups in total. The van der Waals surface area contributed by atoms with E-state index in [2.05, 4.69) is 26.6 Å². The first kappa shape index (κ1) is 59.1. The van der Waals surface area contributed by atoms with Crippen LogP contribution >= 0.6 is 0 Å². The van der Waals surface area contributed by atoms with Gasteiger partial charge in [-0.2, -0.15) is 0 Å². The number of hydrogen-bond donors (Lipinski definition) is 5. The molecule has 0 aliphatic rings. The van der Waals surface area contributed by atoms with Crippen molar-refractivity contribution < 1.29 is 52.5 Å². The highest BCUT2D eigenvalue weighted by Gasteiger charge is 2.24. The van der Waals surface area contributed by atoms with Gasteiger partial charge in [0, 0.05) is 75.6 Å². The number of carbonyl (C=O) groups excluding carboxylic acids is 7. The highest BCUT2D eigenvalue weighted by molar-refractivity contribution is 6.05. The molecule has 0 spiro atoms. The van der Waals surface area contributed by atoms with Gasteiger partial charge in [0.05, 0.1) is 0 Å². The van der Waals surface area contributed by atoms with Crippen molar-refractivity contribution in [3.8, 4) is 0 Å². The van der Waals surface area contributed by atoms with Crippen LogP contribution in [0.25, 0.3) is 0 Å². The third-order valence-electron chi connectivity index (χ3n) is 9.38. The number of ether oxygens (including phenoxy) is 4. The summed E-state index contributed by atoms with van der Waals surface area (Å²) in [5.41, 5.74) is -0.582. The summed E-state index contributed by atoms with van der Waals surface area (Å²) in [5.74, 6) is -0.889. The highest BCUT2D eigenvalue weighted by atomic mass is 16.6. The van der Waals surface area contributed by atoms with Gasteiger partial charge in [-0.15, -0.1) is 0 Å². The van der Waals surface area contributed by atoms with Crippen LogP contribution in [0.5, 0.6) is 0 Å². The second-order valence-corrected chi connectivity index (χ2v) is 20.8. The molecule has 18 nitrogen and oxygen atoms in total. The van der Waals surface area contributed by atoms with Crippen LogP contribution in [0.4, 0.5) is 24.9 Å². The molecule has 0 aromatic heterocycles. The molecule has 0 saturated heterocycles. The Hall–Kier alpha value is -6.07. The van der Waals surface area contributed by atoms with E-state index in [4.69, 9.17) is 18.9 Å². The Labute approximate surface area is 410 Å². The topological polar surface area (TPSA) is 223 Å². The number of unbranched alkanes of at least 4 members (excludes halogenated alkanes) is 2. The molecule has 0 saturated carbocycles. The summed E-state index contributed by atoms with van der Waals surface area (Å²) in [5, 5.41) is 14.1. The first-order valence-corrected chi connectivity index (χ1v) is 24.0. The standard InChI is InChI=1S/C51H81N7O11/c1-48(2,3)66-44(62)54-27-13-15-31-57(46(64)68-50(7,8)9)33-19-29-52-41(59)26-25-37-21-17-22-38(35-37)43(61)56-40-24-18-23-39(36-40)42(60)53-30-20-34-58(47(65)69-51(10,11)12)32-16-14-28-55-45(63)67-49(4,5)6/h17-18,21-24,35-36H,13-16,19-20,25-34H2,1-12H3,(H,52,59)(H,53,60)(H,54,62)(H,55,63)(H,56,61). The number of rotatable bonds is 24. The van der Waals surface area contributed by atoms with Crippen LogP contribution in [-0.2, 0) is 30.2 Å². The maximum absolute atomic E-state index is 13.3.